The highest BCUT2D eigenvalue weighted by Gasteiger charge is 2.51. The zero-order valence-electron chi connectivity index (χ0n) is 23.8. The van der Waals surface area contributed by atoms with Crippen molar-refractivity contribution in [1.82, 2.24) is 24.8 Å². The molecule has 222 valence electrons. The van der Waals surface area contributed by atoms with Crippen molar-refractivity contribution in [2.24, 2.45) is 17.8 Å². The molecule has 3 N–H and O–H groups in total. The molecule has 0 bridgehead atoms. The van der Waals surface area contributed by atoms with Gasteiger partial charge in [0.1, 0.15) is 12.4 Å². The number of nitrogens with one attached hydrogen (secondary N) is 2. The fourth-order valence-corrected chi connectivity index (χ4v) is 7.01. The van der Waals surface area contributed by atoms with Gasteiger partial charge in [-0.2, -0.15) is 0 Å². The van der Waals surface area contributed by atoms with E-state index in [0.29, 0.717) is 23.5 Å². The van der Waals surface area contributed by atoms with Crippen LogP contribution in [0.4, 0.5) is 10.6 Å². The van der Waals surface area contributed by atoms with E-state index in [1.165, 1.54) is 6.33 Å². The van der Waals surface area contributed by atoms with Gasteiger partial charge in [-0.05, 0) is 62.5 Å². The molecule has 1 aliphatic heterocycles. The van der Waals surface area contributed by atoms with Gasteiger partial charge in [0.25, 0.3) is 0 Å². The van der Waals surface area contributed by atoms with Crippen LogP contribution in [0.2, 0.25) is 0 Å². The van der Waals surface area contributed by atoms with Crippen LogP contribution in [0.15, 0.2) is 49.1 Å². The van der Waals surface area contributed by atoms with Crippen molar-refractivity contribution in [1.29, 1.82) is 0 Å². The molecule has 42 heavy (non-hydrogen) atoms. The minimum Gasteiger partial charge on any atom is -0.481 e. The summed E-state index contributed by atoms with van der Waals surface area (Å²) in [5.74, 6) is -0.0246. The summed E-state index contributed by atoms with van der Waals surface area (Å²) < 4.78 is 15.1. The van der Waals surface area contributed by atoms with E-state index in [4.69, 9.17) is 9.47 Å². The summed E-state index contributed by atoms with van der Waals surface area (Å²) in [6, 6.07) is 9.64. The summed E-state index contributed by atoms with van der Waals surface area (Å²) in [6.07, 6.45) is 12.8. The lowest BCUT2D eigenvalue weighted by Crippen LogP contribution is -2.28. The number of carbonyl (C=O) groups is 2. The summed E-state index contributed by atoms with van der Waals surface area (Å²) in [6.45, 7) is 2.34. The maximum Gasteiger partial charge on any atom is 0.320 e. The molecule has 6 rings (SSSR count). The molecule has 0 radical (unpaired) electrons. The number of anilines is 1. The van der Waals surface area contributed by atoms with Crippen LogP contribution >= 0.6 is 0 Å². The molecule has 7 atom stereocenters. The Balaban J connectivity index is 1.21. The largest absolute Gasteiger partial charge is 0.481 e. The zero-order valence-corrected chi connectivity index (χ0v) is 23.8. The number of amides is 2. The number of aliphatic carboxylic acids is 1. The number of imidazole rings is 1. The number of benzene rings is 1. The molecule has 3 aromatic rings. The molecule has 0 spiro atoms. The molecular formula is C31H38N6O5. The maximum atomic E-state index is 12.2. The van der Waals surface area contributed by atoms with Gasteiger partial charge >= 0.3 is 12.0 Å². The Morgan fingerprint density at radius 2 is 1.88 bits per heavy atom. The van der Waals surface area contributed by atoms with Gasteiger partial charge in [-0.15, -0.1) is 0 Å². The Kier molecular flexibility index (Phi) is 8.48. The van der Waals surface area contributed by atoms with Gasteiger partial charge in [-0.1, -0.05) is 49.2 Å². The number of ether oxygens (including phenoxy) is 2. The fraction of sp³-hybridized carbons (Fsp3) is 0.516. The summed E-state index contributed by atoms with van der Waals surface area (Å²) >= 11 is 0. The van der Waals surface area contributed by atoms with E-state index < -0.39 is 12.3 Å². The molecule has 2 aliphatic carbocycles. The van der Waals surface area contributed by atoms with Gasteiger partial charge < -0.3 is 24.5 Å². The number of hydrogen-bond donors (Lipinski definition) is 3. The molecule has 11 heteroatoms. The molecule has 1 aromatic carbocycles. The minimum atomic E-state index is -0.658. The first-order chi connectivity index (χ1) is 20.5. The second-order valence-corrected chi connectivity index (χ2v) is 11.5. The van der Waals surface area contributed by atoms with Crippen LogP contribution in [0.1, 0.15) is 63.5 Å². The minimum absolute atomic E-state index is 0.0643. The van der Waals surface area contributed by atoms with Crippen LogP contribution in [-0.2, 0) is 14.3 Å². The first-order valence-electron chi connectivity index (χ1n) is 15.0. The van der Waals surface area contributed by atoms with Crippen molar-refractivity contribution in [2.45, 2.75) is 76.4 Å². The Morgan fingerprint density at radius 1 is 1.07 bits per heavy atom. The van der Waals surface area contributed by atoms with Crippen LogP contribution in [0.5, 0.6) is 0 Å². The third-order valence-corrected chi connectivity index (χ3v) is 8.95. The topological polar surface area (TPSA) is 140 Å². The van der Waals surface area contributed by atoms with E-state index >= 15 is 0 Å². The van der Waals surface area contributed by atoms with Crippen molar-refractivity contribution >= 4 is 35.1 Å². The highest BCUT2D eigenvalue weighted by atomic mass is 16.7. The lowest BCUT2D eigenvalue weighted by Gasteiger charge is -2.20. The molecule has 6 unspecified atom stereocenters. The number of fused-ring (bicyclic) bond motifs is 2. The Labute approximate surface area is 244 Å². The van der Waals surface area contributed by atoms with Crippen LogP contribution in [0.25, 0.3) is 17.2 Å². The summed E-state index contributed by atoms with van der Waals surface area (Å²) in [4.78, 5) is 37.2. The highest BCUT2D eigenvalue weighted by Crippen LogP contribution is 2.47. The van der Waals surface area contributed by atoms with E-state index in [1.54, 1.807) is 6.33 Å². The number of aromatic nitrogens is 4. The number of carbonyl (C=O) groups excluding carboxylic acids is 1. The molecule has 2 saturated carbocycles. The first-order valence-corrected chi connectivity index (χ1v) is 15.0. The van der Waals surface area contributed by atoms with Gasteiger partial charge in [-0.3, -0.25) is 10.1 Å². The molecule has 2 aromatic heterocycles. The van der Waals surface area contributed by atoms with Gasteiger partial charge in [0.05, 0.1) is 24.4 Å². The van der Waals surface area contributed by atoms with Crippen molar-refractivity contribution < 1.29 is 24.2 Å². The number of rotatable bonds is 10. The van der Waals surface area contributed by atoms with Crippen LogP contribution in [0.3, 0.4) is 0 Å². The second kappa shape index (κ2) is 12.6. The molecule has 3 aliphatic rings. The third-order valence-electron chi connectivity index (χ3n) is 8.95. The average molecular weight is 575 g/mol. The van der Waals surface area contributed by atoms with Crippen LogP contribution < -0.4 is 10.6 Å². The molecule has 3 fully saturated rings. The predicted octanol–water partition coefficient (Wildman–Crippen LogP) is 5.02. The summed E-state index contributed by atoms with van der Waals surface area (Å²) in [7, 11) is 0. The molecule has 3 heterocycles. The number of carboxylic acids is 1. The van der Waals surface area contributed by atoms with E-state index in [-0.39, 0.29) is 42.0 Å². The second-order valence-electron chi connectivity index (χ2n) is 11.5. The Morgan fingerprint density at radius 3 is 2.69 bits per heavy atom. The van der Waals surface area contributed by atoms with E-state index in [9.17, 15) is 14.7 Å². The first kappa shape index (κ1) is 28.3. The Bertz CT molecular complexity index is 1430. The lowest BCUT2D eigenvalue weighted by atomic mass is 9.88. The van der Waals surface area contributed by atoms with Crippen molar-refractivity contribution in [2.75, 3.05) is 11.9 Å². The van der Waals surface area contributed by atoms with E-state index in [1.807, 2.05) is 54.0 Å². The standard InChI is InChI=1S/C31H38N6O5/c1-2-32-31(40)36-28-25-29(34-17-33-28)37(18-35-25)23-16-21(12-6-10-20-11-7-13-22(20)30(38)39)26-27(23)42-24(41-26)15-14-19-8-4-3-5-9-19/h3-5,8-9,14-15,17-18,20-24,26-27H,2,6-7,10-13,16H2,1H3,(H,38,39)(H2,32,33,34,36,40)/t20?,21?,22?,23?,24-,26?,27?/m0/s1. The molecule has 11 nitrogen and oxygen atoms in total. The number of urea groups is 1. The number of carboxylic acid groups (broad SMARTS) is 1. The van der Waals surface area contributed by atoms with Crippen LogP contribution in [0, 0.1) is 17.8 Å². The van der Waals surface area contributed by atoms with E-state index in [2.05, 4.69) is 25.6 Å². The SMILES string of the molecule is CCNC(=O)Nc1ncnc2c1ncn2C1CC(CCCC2CCCC2C(=O)O)C2O[C@H](C=Cc3ccccc3)OC21. The number of nitrogens with zero attached hydrogens (tertiary/aromatic N) is 4. The predicted molar refractivity (Wildman–Crippen MR) is 156 cm³/mol. The van der Waals surface area contributed by atoms with Crippen LogP contribution in [-0.4, -0.2) is 61.7 Å². The average Bonchev–Trinajstić information content (AvgIpc) is 3.77. The maximum absolute atomic E-state index is 12.2. The lowest BCUT2D eigenvalue weighted by molar-refractivity contribution is -0.143. The fourth-order valence-electron chi connectivity index (χ4n) is 7.01. The normalized spacial score (nSPS) is 28.8. The summed E-state index contributed by atoms with van der Waals surface area (Å²) in [5.41, 5.74) is 2.22. The Hall–Kier alpha value is -3.83. The molecule has 1 saturated heterocycles. The monoisotopic (exact) mass is 574 g/mol. The molecular weight excluding hydrogens is 536 g/mol. The van der Waals surface area contributed by atoms with Crippen molar-refractivity contribution in [3.05, 3.63) is 54.6 Å². The smallest absolute Gasteiger partial charge is 0.320 e. The van der Waals surface area contributed by atoms with Gasteiger partial charge in [-0.25, -0.2) is 19.7 Å². The van der Waals surface area contributed by atoms with Crippen molar-refractivity contribution in [3.63, 3.8) is 0 Å². The highest BCUT2D eigenvalue weighted by molar-refractivity contribution is 5.95. The van der Waals surface area contributed by atoms with E-state index in [0.717, 1.165) is 50.5 Å². The number of hydrogen-bond acceptors (Lipinski definition) is 7. The summed E-state index contributed by atoms with van der Waals surface area (Å²) in [5, 5.41) is 15.1. The third kappa shape index (κ3) is 5.89. The molecule has 2 amide bonds. The zero-order chi connectivity index (χ0) is 29.1. The van der Waals surface area contributed by atoms with Gasteiger partial charge in [0, 0.05) is 6.54 Å². The van der Waals surface area contributed by atoms with Gasteiger partial charge in [0.2, 0.25) is 0 Å². The quantitative estimate of drug-likeness (QED) is 0.307. The van der Waals surface area contributed by atoms with Crippen molar-refractivity contribution in [3.8, 4) is 0 Å². The van der Waals surface area contributed by atoms with Gasteiger partial charge in [0.15, 0.2) is 23.3 Å².